The van der Waals surface area contributed by atoms with Gasteiger partial charge in [0.2, 0.25) is 10.1 Å². The zero-order valence-electron chi connectivity index (χ0n) is 17.0. The Kier molecular flexibility index (Phi) is 5.35. The molecule has 2 aromatic heterocycles. The Morgan fingerprint density at radius 1 is 0.969 bits per heavy atom. The quantitative estimate of drug-likeness (QED) is 0.416. The van der Waals surface area contributed by atoms with E-state index in [1.54, 1.807) is 18.2 Å². The maximum absolute atomic E-state index is 12.9. The van der Waals surface area contributed by atoms with Gasteiger partial charge in [0.05, 0.1) is 10.9 Å². The molecule has 0 aliphatic carbocycles. The third kappa shape index (κ3) is 4.08. The second kappa shape index (κ2) is 8.60. The van der Waals surface area contributed by atoms with Crippen molar-refractivity contribution in [3.05, 3.63) is 100 Å². The van der Waals surface area contributed by atoms with Gasteiger partial charge in [-0.3, -0.25) is 9.59 Å². The fraction of sp³-hybridized carbons (Fsp3) is 0.0833. The zero-order chi connectivity index (χ0) is 21.9. The number of benzene rings is 3. The van der Waals surface area contributed by atoms with Gasteiger partial charge in [0, 0.05) is 17.8 Å². The van der Waals surface area contributed by atoms with E-state index in [0.29, 0.717) is 33.1 Å². The van der Waals surface area contributed by atoms with Crippen molar-refractivity contribution in [3.8, 4) is 0 Å². The summed E-state index contributed by atoms with van der Waals surface area (Å²) >= 11 is 1.28. The maximum Gasteiger partial charge on any atom is 0.283 e. The van der Waals surface area contributed by atoms with Gasteiger partial charge in [-0.15, -0.1) is 5.10 Å². The minimum atomic E-state index is -0.265. The van der Waals surface area contributed by atoms with E-state index in [2.05, 4.69) is 20.7 Å². The number of amides is 1. The number of anilines is 2. The van der Waals surface area contributed by atoms with Crippen LogP contribution in [0.15, 0.2) is 83.7 Å². The average Bonchev–Trinajstić information content (AvgIpc) is 3.22. The SMILES string of the molecule is O=C(NCCc1ccccc1)c1ccc2c(=O)n3nc(Nc4ccccc4)sc3nc2c1. The minimum Gasteiger partial charge on any atom is -0.352 e. The van der Waals surface area contributed by atoms with E-state index in [9.17, 15) is 9.59 Å². The van der Waals surface area contributed by atoms with Crippen molar-refractivity contribution >= 4 is 43.9 Å². The lowest BCUT2D eigenvalue weighted by molar-refractivity contribution is 0.0954. The minimum absolute atomic E-state index is 0.194. The first-order chi connectivity index (χ1) is 15.7. The lowest BCUT2D eigenvalue weighted by Crippen LogP contribution is -2.26. The van der Waals surface area contributed by atoms with E-state index >= 15 is 0 Å². The molecule has 158 valence electrons. The molecule has 5 rings (SSSR count). The third-order valence-corrected chi connectivity index (χ3v) is 5.85. The Labute approximate surface area is 187 Å². The summed E-state index contributed by atoms with van der Waals surface area (Å²) in [6.07, 6.45) is 0.748. The number of carbonyl (C=O) groups excluding carboxylic acids is 1. The second-order valence-electron chi connectivity index (χ2n) is 7.23. The highest BCUT2D eigenvalue weighted by Gasteiger charge is 2.13. The smallest absolute Gasteiger partial charge is 0.283 e. The van der Waals surface area contributed by atoms with E-state index in [0.717, 1.165) is 17.7 Å². The Morgan fingerprint density at radius 3 is 2.50 bits per heavy atom. The Bertz CT molecular complexity index is 1460. The summed E-state index contributed by atoms with van der Waals surface area (Å²) in [5, 5.41) is 11.4. The molecule has 8 heteroatoms. The molecular weight excluding hydrogens is 422 g/mol. The lowest BCUT2D eigenvalue weighted by Gasteiger charge is -2.06. The van der Waals surface area contributed by atoms with Gasteiger partial charge in [-0.1, -0.05) is 59.9 Å². The van der Waals surface area contributed by atoms with Crippen LogP contribution >= 0.6 is 11.3 Å². The van der Waals surface area contributed by atoms with Crippen LogP contribution in [0.1, 0.15) is 15.9 Å². The topological polar surface area (TPSA) is 88.4 Å². The summed E-state index contributed by atoms with van der Waals surface area (Å²) in [6, 6.07) is 24.5. The van der Waals surface area contributed by atoms with Crippen molar-refractivity contribution in [2.75, 3.05) is 11.9 Å². The normalized spacial score (nSPS) is 11.0. The Morgan fingerprint density at radius 2 is 1.72 bits per heavy atom. The molecule has 1 amide bonds. The number of fused-ring (bicyclic) bond motifs is 2. The van der Waals surface area contributed by atoms with E-state index in [1.807, 2.05) is 60.7 Å². The summed E-state index contributed by atoms with van der Waals surface area (Å²) in [4.78, 5) is 30.5. The highest BCUT2D eigenvalue weighted by atomic mass is 32.1. The molecule has 0 spiro atoms. The lowest BCUT2D eigenvalue weighted by atomic mass is 10.1. The number of carbonyl (C=O) groups is 1. The van der Waals surface area contributed by atoms with E-state index in [-0.39, 0.29) is 11.5 Å². The van der Waals surface area contributed by atoms with Crippen molar-refractivity contribution in [1.29, 1.82) is 0 Å². The number of hydrogen-bond acceptors (Lipinski definition) is 6. The van der Waals surface area contributed by atoms with E-state index in [4.69, 9.17) is 0 Å². The molecule has 0 radical (unpaired) electrons. The predicted octanol–water partition coefficient (Wildman–Crippen LogP) is 4.02. The van der Waals surface area contributed by atoms with Gasteiger partial charge in [-0.05, 0) is 42.3 Å². The first kappa shape index (κ1) is 19.9. The molecule has 0 aliphatic heterocycles. The van der Waals surface area contributed by atoms with Crippen molar-refractivity contribution in [2.45, 2.75) is 6.42 Å². The van der Waals surface area contributed by atoms with Crippen LogP contribution in [0.3, 0.4) is 0 Å². The first-order valence-electron chi connectivity index (χ1n) is 10.2. The van der Waals surface area contributed by atoms with Gasteiger partial charge in [0.15, 0.2) is 0 Å². The van der Waals surface area contributed by atoms with E-state index < -0.39 is 0 Å². The second-order valence-corrected chi connectivity index (χ2v) is 8.19. The van der Waals surface area contributed by atoms with E-state index in [1.165, 1.54) is 15.9 Å². The average molecular weight is 442 g/mol. The molecular formula is C24H19N5O2S. The van der Waals surface area contributed by atoms with Crippen LogP contribution in [-0.2, 0) is 6.42 Å². The van der Waals surface area contributed by atoms with Crippen LogP contribution in [0, 0.1) is 0 Å². The fourth-order valence-corrected chi connectivity index (χ4v) is 4.23. The number of rotatable bonds is 6. The van der Waals surface area contributed by atoms with Crippen molar-refractivity contribution < 1.29 is 4.79 Å². The Balaban J connectivity index is 1.38. The molecule has 0 bridgehead atoms. The number of nitrogens with zero attached hydrogens (tertiary/aromatic N) is 3. The van der Waals surface area contributed by atoms with Crippen molar-refractivity contribution in [2.24, 2.45) is 0 Å². The number of nitrogens with one attached hydrogen (secondary N) is 2. The van der Waals surface area contributed by atoms with Crippen LogP contribution in [-0.4, -0.2) is 27.0 Å². The standard InChI is InChI=1S/C24H19N5O2S/c30-21(25-14-13-16-7-3-1-4-8-16)17-11-12-19-20(15-17)27-24-29(22(19)31)28-23(32-24)26-18-9-5-2-6-10-18/h1-12,15H,13-14H2,(H,25,30)(H,26,28). The fourth-order valence-electron chi connectivity index (χ4n) is 3.41. The maximum atomic E-state index is 12.9. The molecule has 7 nitrogen and oxygen atoms in total. The molecule has 3 aromatic carbocycles. The van der Waals surface area contributed by atoms with Gasteiger partial charge in [0.1, 0.15) is 0 Å². The summed E-state index contributed by atoms with van der Waals surface area (Å²) in [6.45, 7) is 0.527. The molecule has 2 heterocycles. The highest BCUT2D eigenvalue weighted by molar-refractivity contribution is 7.20. The number of para-hydroxylation sites is 1. The molecule has 0 aliphatic rings. The monoisotopic (exact) mass is 441 g/mol. The molecule has 2 N–H and O–H groups in total. The summed E-state index contributed by atoms with van der Waals surface area (Å²) in [7, 11) is 0. The molecule has 5 aromatic rings. The van der Waals surface area contributed by atoms with Gasteiger partial charge < -0.3 is 10.6 Å². The zero-order valence-corrected chi connectivity index (χ0v) is 17.8. The first-order valence-corrected chi connectivity index (χ1v) is 11.0. The molecule has 0 atom stereocenters. The summed E-state index contributed by atoms with van der Waals surface area (Å²) in [5.74, 6) is -0.194. The van der Waals surface area contributed by atoms with Crippen LogP contribution in [0.2, 0.25) is 0 Å². The molecule has 0 saturated carbocycles. The molecule has 32 heavy (non-hydrogen) atoms. The number of aromatic nitrogens is 3. The Hall–Kier alpha value is -4.04. The van der Waals surface area contributed by atoms with Crippen molar-refractivity contribution in [3.63, 3.8) is 0 Å². The largest absolute Gasteiger partial charge is 0.352 e. The molecule has 0 fully saturated rings. The van der Waals surface area contributed by atoms with Gasteiger partial charge >= 0.3 is 0 Å². The molecule has 0 unspecified atom stereocenters. The van der Waals surface area contributed by atoms with Crippen molar-refractivity contribution in [1.82, 2.24) is 19.9 Å². The predicted molar refractivity (Wildman–Crippen MR) is 127 cm³/mol. The van der Waals surface area contributed by atoms with Crippen LogP contribution in [0.25, 0.3) is 15.9 Å². The van der Waals surface area contributed by atoms with Gasteiger partial charge in [0.25, 0.3) is 11.5 Å². The third-order valence-electron chi connectivity index (χ3n) is 5.03. The molecule has 0 saturated heterocycles. The highest BCUT2D eigenvalue weighted by Crippen LogP contribution is 2.23. The van der Waals surface area contributed by atoms with Crippen LogP contribution in [0.5, 0.6) is 0 Å². The summed E-state index contributed by atoms with van der Waals surface area (Å²) < 4.78 is 1.29. The van der Waals surface area contributed by atoms with Crippen LogP contribution < -0.4 is 16.2 Å². The summed E-state index contributed by atoms with van der Waals surface area (Å²) in [5.41, 5.74) is 2.71. The van der Waals surface area contributed by atoms with Gasteiger partial charge in [-0.25, -0.2) is 4.98 Å². The van der Waals surface area contributed by atoms with Gasteiger partial charge in [-0.2, -0.15) is 4.52 Å². The number of hydrogen-bond donors (Lipinski definition) is 2. The van der Waals surface area contributed by atoms with Crippen LogP contribution in [0.4, 0.5) is 10.8 Å².